The Morgan fingerprint density at radius 1 is 1.24 bits per heavy atom. The van der Waals surface area contributed by atoms with Gasteiger partial charge in [0.1, 0.15) is 17.1 Å². The summed E-state index contributed by atoms with van der Waals surface area (Å²) in [7, 11) is 0. The second kappa shape index (κ2) is 5.00. The molecule has 108 valence electrons. The Morgan fingerprint density at radius 3 is 2.86 bits per heavy atom. The van der Waals surface area contributed by atoms with E-state index in [1.54, 1.807) is 0 Å². The van der Waals surface area contributed by atoms with Crippen LogP contribution in [0.2, 0.25) is 0 Å². The average molecular weight is 282 g/mol. The highest BCUT2D eigenvalue weighted by Gasteiger charge is 2.24. The van der Waals surface area contributed by atoms with Crippen LogP contribution < -0.4 is 5.32 Å². The number of piperidine rings is 1. The van der Waals surface area contributed by atoms with Crippen molar-refractivity contribution < 1.29 is 4.42 Å². The maximum absolute atomic E-state index is 5.83. The van der Waals surface area contributed by atoms with Crippen LogP contribution in [-0.2, 0) is 0 Å². The summed E-state index contributed by atoms with van der Waals surface area (Å²) in [6, 6.07) is 7.92. The quantitative estimate of drug-likeness (QED) is 0.785. The Hall–Kier alpha value is -2.14. The average Bonchev–Trinajstić information content (AvgIpc) is 3.11. The summed E-state index contributed by atoms with van der Waals surface area (Å²) >= 11 is 0. The van der Waals surface area contributed by atoms with E-state index in [1.807, 2.05) is 37.4 Å². The summed E-state index contributed by atoms with van der Waals surface area (Å²) in [5.74, 6) is 3.23. The van der Waals surface area contributed by atoms with Crippen LogP contribution in [-0.4, -0.2) is 27.6 Å². The van der Waals surface area contributed by atoms with Crippen molar-refractivity contribution in [1.82, 2.24) is 19.9 Å². The maximum Gasteiger partial charge on any atom is 0.206 e. The molecule has 0 saturated carbocycles. The number of nitrogens with one attached hydrogen (secondary N) is 1. The molecule has 4 rings (SSSR count). The number of rotatable bonds is 2. The van der Waals surface area contributed by atoms with Gasteiger partial charge in [-0.05, 0) is 51.1 Å². The Balaban J connectivity index is 1.92. The van der Waals surface area contributed by atoms with Gasteiger partial charge in [-0.15, -0.1) is 0 Å². The SMILES string of the molecule is Cc1ccc(-n2c(C3CCNCC3)nc3cccnc32)o1. The van der Waals surface area contributed by atoms with Gasteiger partial charge in [-0.1, -0.05) is 0 Å². The number of aryl methyl sites for hydroxylation is 1. The molecule has 3 aromatic heterocycles. The van der Waals surface area contributed by atoms with Crippen LogP contribution in [0.1, 0.15) is 30.3 Å². The number of hydrogen-bond donors (Lipinski definition) is 1. The van der Waals surface area contributed by atoms with Gasteiger partial charge in [-0.3, -0.25) is 0 Å². The molecule has 21 heavy (non-hydrogen) atoms. The van der Waals surface area contributed by atoms with E-state index in [0.29, 0.717) is 5.92 Å². The van der Waals surface area contributed by atoms with Crippen molar-refractivity contribution in [2.45, 2.75) is 25.7 Å². The van der Waals surface area contributed by atoms with Crippen molar-refractivity contribution in [3.63, 3.8) is 0 Å². The standard InChI is InChI=1S/C16H18N4O/c1-11-4-5-14(21-11)20-15(12-6-9-17-10-7-12)19-13-3-2-8-18-16(13)20/h2-5,8,12,17H,6-7,9-10H2,1H3. The van der Waals surface area contributed by atoms with E-state index in [1.165, 1.54) is 0 Å². The molecule has 1 aliphatic rings. The molecule has 0 bridgehead atoms. The van der Waals surface area contributed by atoms with Crippen LogP contribution >= 0.6 is 0 Å². The minimum Gasteiger partial charge on any atom is -0.445 e. The number of fused-ring (bicyclic) bond motifs is 1. The lowest BCUT2D eigenvalue weighted by atomic mass is 9.97. The predicted molar refractivity (Wildman–Crippen MR) is 80.7 cm³/mol. The molecule has 0 aromatic carbocycles. The summed E-state index contributed by atoms with van der Waals surface area (Å²) in [4.78, 5) is 9.34. The van der Waals surface area contributed by atoms with Gasteiger partial charge in [0.25, 0.3) is 0 Å². The highest BCUT2D eigenvalue weighted by Crippen LogP contribution is 2.30. The van der Waals surface area contributed by atoms with Crippen LogP contribution in [0.25, 0.3) is 17.0 Å². The Labute approximate surface area is 123 Å². The van der Waals surface area contributed by atoms with Crippen LogP contribution in [0.3, 0.4) is 0 Å². The number of hydrogen-bond acceptors (Lipinski definition) is 4. The minimum atomic E-state index is 0.450. The van der Waals surface area contributed by atoms with Crippen molar-refractivity contribution in [2.75, 3.05) is 13.1 Å². The summed E-state index contributed by atoms with van der Waals surface area (Å²) in [6.07, 6.45) is 4.01. The molecular weight excluding hydrogens is 264 g/mol. The Bertz CT molecular complexity index is 768. The van der Waals surface area contributed by atoms with Gasteiger partial charge in [0.05, 0.1) is 0 Å². The van der Waals surface area contributed by atoms with E-state index in [4.69, 9.17) is 9.40 Å². The second-order valence-corrected chi connectivity index (χ2v) is 5.56. The number of furan rings is 1. The second-order valence-electron chi connectivity index (χ2n) is 5.56. The van der Waals surface area contributed by atoms with Gasteiger partial charge in [0.2, 0.25) is 5.88 Å². The van der Waals surface area contributed by atoms with Crippen molar-refractivity contribution in [2.24, 2.45) is 0 Å². The van der Waals surface area contributed by atoms with Crippen molar-refractivity contribution >= 4 is 11.2 Å². The van der Waals surface area contributed by atoms with Gasteiger partial charge < -0.3 is 9.73 Å². The van der Waals surface area contributed by atoms with Gasteiger partial charge in [0, 0.05) is 18.2 Å². The molecule has 1 N–H and O–H groups in total. The zero-order valence-corrected chi connectivity index (χ0v) is 12.0. The fraction of sp³-hybridized carbons (Fsp3) is 0.375. The van der Waals surface area contributed by atoms with Crippen molar-refractivity contribution in [3.8, 4) is 5.88 Å². The third-order valence-corrected chi connectivity index (χ3v) is 4.09. The van der Waals surface area contributed by atoms with E-state index in [9.17, 15) is 0 Å². The van der Waals surface area contributed by atoms with Crippen LogP contribution in [0, 0.1) is 6.92 Å². The van der Waals surface area contributed by atoms with Gasteiger partial charge in [-0.2, -0.15) is 0 Å². The first-order valence-corrected chi connectivity index (χ1v) is 7.44. The Morgan fingerprint density at radius 2 is 2.10 bits per heavy atom. The lowest BCUT2D eigenvalue weighted by Crippen LogP contribution is -2.28. The third-order valence-electron chi connectivity index (χ3n) is 4.09. The number of pyridine rings is 1. The van der Waals surface area contributed by atoms with Crippen LogP contribution in [0.4, 0.5) is 0 Å². The summed E-state index contributed by atoms with van der Waals surface area (Å²) in [5, 5.41) is 3.41. The lowest BCUT2D eigenvalue weighted by Gasteiger charge is -2.22. The summed E-state index contributed by atoms with van der Waals surface area (Å²) < 4.78 is 7.92. The molecule has 3 aromatic rings. The van der Waals surface area contributed by atoms with Gasteiger partial charge in [-0.25, -0.2) is 14.5 Å². The molecule has 0 spiro atoms. The number of imidazole rings is 1. The van der Waals surface area contributed by atoms with Crippen molar-refractivity contribution in [1.29, 1.82) is 0 Å². The molecule has 4 heterocycles. The summed E-state index contributed by atoms with van der Waals surface area (Å²) in [5.41, 5.74) is 1.81. The Kier molecular flexibility index (Phi) is 3.00. The first kappa shape index (κ1) is 12.6. The molecule has 5 nitrogen and oxygen atoms in total. The number of aromatic nitrogens is 3. The molecular formula is C16H18N4O. The van der Waals surface area contributed by atoms with E-state index in [-0.39, 0.29) is 0 Å². The lowest BCUT2D eigenvalue weighted by molar-refractivity contribution is 0.432. The van der Waals surface area contributed by atoms with Gasteiger partial charge >= 0.3 is 0 Å². The monoisotopic (exact) mass is 282 g/mol. The largest absolute Gasteiger partial charge is 0.445 e. The highest BCUT2D eigenvalue weighted by atomic mass is 16.4. The maximum atomic E-state index is 5.83. The van der Waals surface area contributed by atoms with E-state index in [0.717, 1.165) is 54.6 Å². The molecule has 1 aliphatic heterocycles. The van der Waals surface area contributed by atoms with Gasteiger partial charge in [0.15, 0.2) is 5.65 Å². The third kappa shape index (κ3) is 2.14. The van der Waals surface area contributed by atoms with E-state index < -0.39 is 0 Å². The molecule has 0 unspecified atom stereocenters. The first-order valence-electron chi connectivity index (χ1n) is 7.44. The molecule has 5 heteroatoms. The highest BCUT2D eigenvalue weighted by molar-refractivity contribution is 5.73. The molecule has 1 fully saturated rings. The molecule has 1 saturated heterocycles. The fourth-order valence-corrected chi connectivity index (χ4v) is 3.04. The zero-order chi connectivity index (χ0) is 14.2. The summed E-state index contributed by atoms with van der Waals surface area (Å²) in [6.45, 7) is 4.04. The normalized spacial score (nSPS) is 16.6. The van der Waals surface area contributed by atoms with E-state index >= 15 is 0 Å². The fourth-order valence-electron chi connectivity index (χ4n) is 3.04. The molecule has 0 atom stereocenters. The first-order chi connectivity index (χ1) is 10.3. The number of nitrogens with zero attached hydrogens (tertiary/aromatic N) is 3. The topological polar surface area (TPSA) is 55.9 Å². The molecule has 0 radical (unpaired) electrons. The van der Waals surface area contributed by atoms with Crippen LogP contribution in [0.15, 0.2) is 34.9 Å². The molecule has 0 aliphatic carbocycles. The minimum absolute atomic E-state index is 0.450. The van der Waals surface area contributed by atoms with E-state index in [2.05, 4.69) is 14.9 Å². The predicted octanol–water partition coefficient (Wildman–Crippen LogP) is 2.79. The molecule has 0 amide bonds. The van der Waals surface area contributed by atoms with Crippen molar-refractivity contribution in [3.05, 3.63) is 42.0 Å². The smallest absolute Gasteiger partial charge is 0.206 e. The zero-order valence-electron chi connectivity index (χ0n) is 12.0. The van der Waals surface area contributed by atoms with Crippen LogP contribution in [0.5, 0.6) is 0 Å².